The molecule has 0 amide bonds. The van der Waals surface area contributed by atoms with Gasteiger partial charge < -0.3 is 20.1 Å². The molecule has 8 heteroatoms. The topological polar surface area (TPSA) is 54.9 Å². The fourth-order valence-electron chi connectivity index (χ4n) is 2.90. The van der Waals surface area contributed by atoms with E-state index in [0.717, 1.165) is 74.6 Å². The van der Waals surface area contributed by atoms with Crippen LogP contribution in [0.2, 0.25) is 0 Å². The van der Waals surface area contributed by atoms with E-state index in [0.29, 0.717) is 19.1 Å². The summed E-state index contributed by atoms with van der Waals surface area (Å²) in [5.74, 6) is 0.641. The summed E-state index contributed by atoms with van der Waals surface area (Å²) in [6, 6.07) is 5.20. The highest BCUT2D eigenvalue weighted by molar-refractivity contribution is 14.0. The van der Waals surface area contributed by atoms with Gasteiger partial charge in [-0.05, 0) is 56.7 Å². The van der Waals surface area contributed by atoms with E-state index >= 15 is 0 Å². The zero-order valence-corrected chi connectivity index (χ0v) is 20.4. The lowest BCUT2D eigenvalue weighted by Crippen LogP contribution is -2.38. The molecular weight excluding hydrogens is 540 g/mol. The maximum Gasteiger partial charge on any atom is 0.191 e. The fraction of sp³-hybridized carbons (Fsp3) is 0.650. The van der Waals surface area contributed by atoms with E-state index in [1.54, 1.807) is 0 Å². The van der Waals surface area contributed by atoms with E-state index in [2.05, 4.69) is 31.6 Å². The van der Waals surface area contributed by atoms with Crippen molar-refractivity contribution in [2.24, 2.45) is 4.99 Å². The molecule has 0 unspecified atom stereocenters. The maximum absolute atomic E-state index is 13.8. The molecule has 5 nitrogen and oxygen atoms in total. The molecule has 0 saturated carbocycles. The summed E-state index contributed by atoms with van der Waals surface area (Å²) in [6.45, 7) is 6.70. The molecule has 1 aromatic carbocycles. The van der Waals surface area contributed by atoms with Crippen LogP contribution in [0.15, 0.2) is 27.7 Å². The largest absolute Gasteiger partial charge is 0.381 e. The SMILES string of the molecule is CCNC(=NCCCc1ccc(Br)cc1F)NCCCOC1CCOCC1.I. The van der Waals surface area contributed by atoms with Gasteiger partial charge >= 0.3 is 0 Å². The third-order valence-corrected chi connectivity index (χ3v) is 4.86. The van der Waals surface area contributed by atoms with E-state index < -0.39 is 0 Å². The second-order valence-corrected chi connectivity index (χ2v) is 7.48. The third kappa shape index (κ3) is 10.4. The first-order valence-corrected chi connectivity index (χ1v) is 10.6. The van der Waals surface area contributed by atoms with E-state index in [9.17, 15) is 4.39 Å². The van der Waals surface area contributed by atoms with Gasteiger partial charge in [0.1, 0.15) is 5.82 Å². The summed E-state index contributed by atoms with van der Waals surface area (Å²) >= 11 is 3.28. The zero-order chi connectivity index (χ0) is 19.3. The molecule has 28 heavy (non-hydrogen) atoms. The van der Waals surface area contributed by atoms with Gasteiger partial charge in [0.25, 0.3) is 0 Å². The van der Waals surface area contributed by atoms with Gasteiger partial charge in [0.15, 0.2) is 5.96 Å². The Kier molecular flexibility index (Phi) is 14.1. The van der Waals surface area contributed by atoms with Gasteiger partial charge in [-0.15, -0.1) is 24.0 Å². The van der Waals surface area contributed by atoms with Crippen LogP contribution < -0.4 is 10.6 Å². The predicted molar refractivity (Wildman–Crippen MR) is 126 cm³/mol. The summed E-state index contributed by atoms with van der Waals surface area (Å²) in [6.07, 6.45) is 4.77. The van der Waals surface area contributed by atoms with Gasteiger partial charge in [0, 0.05) is 43.9 Å². The summed E-state index contributed by atoms with van der Waals surface area (Å²) in [5.41, 5.74) is 0.733. The van der Waals surface area contributed by atoms with Gasteiger partial charge in [-0.25, -0.2) is 4.39 Å². The van der Waals surface area contributed by atoms with Crippen molar-refractivity contribution < 1.29 is 13.9 Å². The quantitative estimate of drug-likeness (QED) is 0.190. The van der Waals surface area contributed by atoms with Gasteiger partial charge in [0.05, 0.1) is 6.10 Å². The van der Waals surface area contributed by atoms with Gasteiger partial charge in [-0.2, -0.15) is 0 Å². The first-order chi connectivity index (χ1) is 13.2. The number of hydrogen-bond donors (Lipinski definition) is 2. The van der Waals surface area contributed by atoms with Crippen molar-refractivity contribution in [1.82, 2.24) is 10.6 Å². The summed E-state index contributed by atoms with van der Waals surface area (Å²) in [7, 11) is 0. The van der Waals surface area contributed by atoms with Crippen molar-refractivity contribution >= 4 is 45.9 Å². The molecule has 0 aliphatic carbocycles. The van der Waals surface area contributed by atoms with E-state index in [-0.39, 0.29) is 29.8 Å². The van der Waals surface area contributed by atoms with Crippen molar-refractivity contribution in [2.45, 2.75) is 45.1 Å². The van der Waals surface area contributed by atoms with Crippen molar-refractivity contribution in [3.8, 4) is 0 Å². The Morgan fingerprint density at radius 2 is 2.07 bits per heavy atom. The van der Waals surface area contributed by atoms with Crippen LogP contribution in [0.1, 0.15) is 38.2 Å². The number of hydrogen-bond acceptors (Lipinski definition) is 3. The number of guanidine groups is 1. The fourth-order valence-corrected chi connectivity index (χ4v) is 3.23. The van der Waals surface area contributed by atoms with Gasteiger partial charge in [0.2, 0.25) is 0 Å². The van der Waals surface area contributed by atoms with Crippen LogP contribution in [-0.4, -0.2) is 51.5 Å². The van der Waals surface area contributed by atoms with Crippen molar-refractivity contribution in [2.75, 3.05) is 39.5 Å². The Bertz CT molecular complexity index is 587. The average molecular weight is 572 g/mol. The Morgan fingerprint density at radius 3 is 2.79 bits per heavy atom. The Balaban J connectivity index is 0.00000392. The third-order valence-electron chi connectivity index (χ3n) is 4.37. The molecule has 0 spiro atoms. The smallest absolute Gasteiger partial charge is 0.191 e. The molecule has 1 aliphatic rings. The maximum atomic E-state index is 13.8. The summed E-state index contributed by atoms with van der Waals surface area (Å²) in [5, 5.41) is 6.57. The molecule has 160 valence electrons. The van der Waals surface area contributed by atoms with Crippen LogP contribution in [0.25, 0.3) is 0 Å². The zero-order valence-electron chi connectivity index (χ0n) is 16.5. The Morgan fingerprint density at radius 1 is 1.29 bits per heavy atom. The van der Waals surface area contributed by atoms with E-state index in [1.165, 1.54) is 6.07 Å². The highest BCUT2D eigenvalue weighted by Crippen LogP contribution is 2.16. The number of rotatable bonds is 10. The molecule has 0 radical (unpaired) electrons. The van der Waals surface area contributed by atoms with Crippen LogP contribution in [0.3, 0.4) is 0 Å². The van der Waals surface area contributed by atoms with Crippen molar-refractivity contribution in [3.63, 3.8) is 0 Å². The van der Waals surface area contributed by atoms with E-state index in [1.807, 2.05) is 19.1 Å². The number of aliphatic imine (C=N–C) groups is 1. The van der Waals surface area contributed by atoms with Gasteiger partial charge in [-0.1, -0.05) is 22.0 Å². The van der Waals surface area contributed by atoms with Crippen LogP contribution in [-0.2, 0) is 15.9 Å². The normalized spacial score (nSPS) is 15.2. The number of nitrogens with zero attached hydrogens (tertiary/aromatic N) is 1. The number of benzene rings is 1. The molecule has 2 N–H and O–H groups in total. The minimum absolute atomic E-state index is 0. The minimum atomic E-state index is -0.164. The monoisotopic (exact) mass is 571 g/mol. The molecule has 1 aromatic rings. The standard InChI is InChI=1S/C20H31BrFN3O2.HI/c1-2-23-20(25-11-4-12-27-18-8-13-26-14-9-18)24-10-3-5-16-6-7-17(21)15-19(16)22;/h6-7,15,18H,2-5,8-14H2,1H3,(H2,23,24,25);1H. The molecule has 1 aliphatic heterocycles. The van der Waals surface area contributed by atoms with Crippen LogP contribution >= 0.6 is 39.9 Å². The molecule has 0 bridgehead atoms. The lowest BCUT2D eigenvalue weighted by atomic mass is 10.1. The summed E-state index contributed by atoms with van der Waals surface area (Å²) in [4.78, 5) is 4.57. The molecular formula is C20H32BrFIN3O2. The van der Waals surface area contributed by atoms with Crippen LogP contribution in [0.4, 0.5) is 4.39 Å². The molecule has 1 fully saturated rings. The highest BCUT2D eigenvalue weighted by atomic mass is 127. The molecule has 1 heterocycles. The van der Waals surface area contributed by atoms with Crippen molar-refractivity contribution in [1.29, 1.82) is 0 Å². The summed E-state index contributed by atoms with van der Waals surface area (Å²) < 4.78 is 25.8. The Hall–Kier alpha value is -0.450. The van der Waals surface area contributed by atoms with E-state index in [4.69, 9.17) is 9.47 Å². The number of ether oxygens (including phenoxy) is 2. The number of nitrogens with one attached hydrogen (secondary N) is 2. The second kappa shape index (κ2) is 15.4. The van der Waals surface area contributed by atoms with Crippen LogP contribution in [0, 0.1) is 5.82 Å². The number of aryl methyl sites for hydroxylation is 1. The molecule has 0 atom stereocenters. The highest BCUT2D eigenvalue weighted by Gasteiger charge is 2.13. The lowest BCUT2D eigenvalue weighted by molar-refractivity contribution is -0.0320. The second-order valence-electron chi connectivity index (χ2n) is 6.56. The van der Waals surface area contributed by atoms with Crippen LogP contribution in [0.5, 0.6) is 0 Å². The predicted octanol–water partition coefficient (Wildman–Crippen LogP) is 4.28. The lowest BCUT2D eigenvalue weighted by Gasteiger charge is -2.22. The first-order valence-electron chi connectivity index (χ1n) is 9.84. The average Bonchev–Trinajstić information content (AvgIpc) is 2.67. The van der Waals surface area contributed by atoms with Gasteiger partial charge in [-0.3, -0.25) is 4.99 Å². The Labute approximate surface area is 193 Å². The number of halogens is 3. The molecule has 0 aromatic heterocycles. The van der Waals surface area contributed by atoms with Crippen molar-refractivity contribution in [3.05, 3.63) is 34.1 Å². The minimum Gasteiger partial charge on any atom is -0.381 e. The molecule has 2 rings (SSSR count). The first kappa shape index (κ1) is 25.6. The molecule has 1 saturated heterocycles.